The summed E-state index contributed by atoms with van der Waals surface area (Å²) in [7, 11) is 0. The molecule has 0 N–H and O–H groups in total. The third-order valence-electron chi connectivity index (χ3n) is 5.03. The van der Waals surface area contributed by atoms with E-state index in [1.54, 1.807) is 13.0 Å². The van der Waals surface area contributed by atoms with Gasteiger partial charge in [0.15, 0.2) is 5.69 Å². The highest BCUT2D eigenvalue weighted by atomic mass is 79.9. The first-order valence-corrected chi connectivity index (χ1v) is 10.7. The van der Waals surface area contributed by atoms with E-state index in [1.165, 1.54) is 6.42 Å². The van der Waals surface area contributed by atoms with Gasteiger partial charge in [-0.1, -0.05) is 46.3 Å². The molecule has 1 saturated carbocycles. The van der Waals surface area contributed by atoms with E-state index in [2.05, 4.69) is 21.0 Å². The van der Waals surface area contributed by atoms with Gasteiger partial charge in [-0.15, -0.1) is 0 Å². The molecule has 1 aliphatic rings. The van der Waals surface area contributed by atoms with Crippen LogP contribution in [0, 0.1) is 0 Å². The molecule has 5 nitrogen and oxygen atoms in total. The first-order chi connectivity index (χ1) is 14.1. The Balaban J connectivity index is 1.69. The molecule has 1 aliphatic carbocycles. The number of hydrogen-bond donors (Lipinski definition) is 0. The lowest BCUT2D eigenvalue weighted by molar-refractivity contribution is 0.0518. The fourth-order valence-corrected chi connectivity index (χ4v) is 3.68. The normalized spacial score (nSPS) is 13.7. The van der Waals surface area contributed by atoms with Gasteiger partial charge in [0, 0.05) is 10.0 Å². The van der Waals surface area contributed by atoms with Crippen molar-refractivity contribution in [2.24, 2.45) is 0 Å². The van der Waals surface area contributed by atoms with E-state index in [0.29, 0.717) is 24.9 Å². The van der Waals surface area contributed by atoms with E-state index >= 15 is 0 Å². The molecule has 1 aromatic heterocycles. The van der Waals surface area contributed by atoms with Crippen LogP contribution in [0.3, 0.4) is 0 Å². The summed E-state index contributed by atoms with van der Waals surface area (Å²) in [5, 5.41) is 4.54. The largest absolute Gasteiger partial charge is 0.490 e. The summed E-state index contributed by atoms with van der Waals surface area (Å²) in [5.41, 5.74) is 3.19. The van der Waals surface area contributed by atoms with Gasteiger partial charge in [-0.25, -0.2) is 4.79 Å². The number of benzene rings is 2. The third-order valence-corrected chi connectivity index (χ3v) is 5.80. The molecule has 1 fully saturated rings. The minimum Gasteiger partial charge on any atom is -0.490 e. The minimum atomic E-state index is -0.415. The lowest BCUT2D eigenvalue weighted by atomic mass is 9.96. The highest BCUT2D eigenvalue weighted by Gasteiger charge is 2.20. The first-order valence-electron chi connectivity index (χ1n) is 9.89. The minimum absolute atomic E-state index is 0.305. The first kappa shape index (κ1) is 19.7. The number of halogens is 1. The van der Waals surface area contributed by atoms with E-state index < -0.39 is 5.97 Å². The van der Waals surface area contributed by atoms with Gasteiger partial charge in [-0.3, -0.25) is 4.68 Å². The van der Waals surface area contributed by atoms with E-state index in [-0.39, 0.29) is 0 Å². The average Bonchev–Trinajstić information content (AvgIpc) is 3.11. The molecular weight excluding hydrogens is 432 g/mol. The molecule has 1 heterocycles. The van der Waals surface area contributed by atoms with Crippen molar-refractivity contribution in [1.29, 1.82) is 0 Å². The molecule has 0 spiro atoms. The summed E-state index contributed by atoms with van der Waals surface area (Å²) in [5.74, 6) is 0.431. The van der Waals surface area contributed by atoms with Crippen LogP contribution < -0.4 is 4.74 Å². The Labute approximate surface area is 178 Å². The van der Waals surface area contributed by atoms with Crippen molar-refractivity contribution >= 4 is 21.9 Å². The zero-order chi connectivity index (χ0) is 20.2. The molecule has 150 valence electrons. The van der Waals surface area contributed by atoms with Crippen LogP contribution in [0.1, 0.15) is 42.2 Å². The van der Waals surface area contributed by atoms with Crippen LogP contribution in [-0.2, 0) is 11.3 Å². The van der Waals surface area contributed by atoms with Gasteiger partial charge < -0.3 is 9.47 Å². The number of ether oxygens (including phenoxy) is 2. The van der Waals surface area contributed by atoms with Crippen LogP contribution >= 0.6 is 15.9 Å². The molecule has 0 bridgehead atoms. The lowest BCUT2D eigenvalue weighted by Gasteiger charge is -2.26. The second kappa shape index (κ2) is 8.82. The van der Waals surface area contributed by atoms with E-state index in [1.807, 2.05) is 53.2 Å². The summed E-state index contributed by atoms with van der Waals surface area (Å²) in [6.07, 6.45) is 3.76. The van der Waals surface area contributed by atoms with Gasteiger partial charge in [-0.05, 0) is 56.0 Å². The molecule has 6 heteroatoms. The maximum Gasteiger partial charge on any atom is 0.358 e. The summed E-state index contributed by atoms with van der Waals surface area (Å²) >= 11 is 3.60. The smallest absolute Gasteiger partial charge is 0.358 e. The summed E-state index contributed by atoms with van der Waals surface area (Å²) in [4.78, 5) is 12.3. The Morgan fingerprint density at radius 2 is 2.00 bits per heavy atom. The van der Waals surface area contributed by atoms with Crippen LogP contribution in [0.25, 0.3) is 11.3 Å². The average molecular weight is 455 g/mol. The van der Waals surface area contributed by atoms with Gasteiger partial charge in [0.2, 0.25) is 0 Å². The second-order valence-electron chi connectivity index (χ2n) is 7.08. The number of esters is 1. The summed E-state index contributed by atoms with van der Waals surface area (Å²) < 4.78 is 14.1. The molecule has 0 aliphatic heterocycles. The number of carbonyl (C=O) groups excluding carboxylic acids is 1. The second-order valence-corrected chi connectivity index (χ2v) is 7.94. The Hall–Kier alpha value is -2.60. The van der Waals surface area contributed by atoms with Crippen molar-refractivity contribution in [2.75, 3.05) is 6.61 Å². The van der Waals surface area contributed by atoms with Crippen molar-refractivity contribution in [2.45, 2.75) is 38.8 Å². The van der Waals surface area contributed by atoms with Crippen LogP contribution in [0.4, 0.5) is 0 Å². The van der Waals surface area contributed by atoms with Crippen LogP contribution in [0.5, 0.6) is 5.75 Å². The Bertz CT molecular complexity index is 1010. The van der Waals surface area contributed by atoms with E-state index in [0.717, 1.165) is 39.9 Å². The highest BCUT2D eigenvalue weighted by molar-refractivity contribution is 9.10. The van der Waals surface area contributed by atoms with Crippen molar-refractivity contribution in [3.05, 3.63) is 70.3 Å². The molecule has 0 amide bonds. The fourth-order valence-electron chi connectivity index (χ4n) is 3.27. The Kier molecular flexibility index (Phi) is 6.00. The van der Waals surface area contributed by atoms with Crippen molar-refractivity contribution in [1.82, 2.24) is 9.78 Å². The monoisotopic (exact) mass is 454 g/mol. The highest BCUT2D eigenvalue weighted by Crippen LogP contribution is 2.30. The van der Waals surface area contributed by atoms with Crippen LogP contribution in [-0.4, -0.2) is 28.5 Å². The van der Waals surface area contributed by atoms with Crippen LogP contribution in [0.2, 0.25) is 0 Å². The van der Waals surface area contributed by atoms with E-state index in [4.69, 9.17) is 9.47 Å². The van der Waals surface area contributed by atoms with Crippen molar-refractivity contribution in [3.8, 4) is 17.0 Å². The van der Waals surface area contributed by atoms with Gasteiger partial charge >= 0.3 is 5.97 Å². The maximum atomic E-state index is 12.3. The number of aromatic nitrogens is 2. The van der Waals surface area contributed by atoms with Gasteiger partial charge in [-0.2, -0.15) is 5.10 Å². The van der Waals surface area contributed by atoms with Crippen LogP contribution in [0.15, 0.2) is 59.1 Å². The van der Waals surface area contributed by atoms with E-state index in [9.17, 15) is 4.79 Å². The van der Waals surface area contributed by atoms with Gasteiger partial charge in [0.25, 0.3) is 0 Å². The topological polar surface area (TPSA) is 53.4 Å². The maximum absolute atomic E-state index is 12.3. The quantitative estimate of drug-likeness (QED) is 0.444. The third kappa shape index (κ3) is 4.53. The zero-order valence-corrected chi connectivity index (χ0v) is 17.9. The molecule has 0 unspecified atom stereocenters. The summed E-state index contributed by atoms with van der Waals surface area (Å²) in [6, 6.07) is 17.8. The van der Waals surface area contributed by atoms with Gasteiger partial charge in [0.05, 0.1) is 24.9 Å². The molecule has 29 heavy (non-hydrogen) atoms. The molecular formula is C23H23BrN2O3. The fraction of sp³-hybridized carbons (Fsp3) is 0.304. The number of rotatable bonds is 7. The lowest BCUT2D eigenvalue weighted by Crippen LogP contribution is -2.24. The molecule has 0 atom stereocenters. The SMILES string of the molecule is CCOC(=O)c1cc(-c2cccc(OC3CCC3)c2)n(Cc2ccccc2Br)n1. The Morgan fingerprint density at radius 1 is 1.17 bits per heavy atom. The predicted molar refractivity (Wildman–Crippen MR) is 115 cm³/mol. The number of nitrogens with zero attached hydrogens (tertiary/aromatic N) is 2. The van der Waals surface area contributed by atoms with Crippen molar-refractivity contribution < 1.29 is 14.3 Å². The molecule has 0 radical (unpaired) electrons. The standard InChI is InChI=1S/C23H23BrN2O3/c1-2-28-23(27)21-14-22(26(25-21)15-17-7-3-4-12-20(17)24)16-8-5-11-19(13-16)29-18-9-6-10-18/h3-5,7-8,11-14,18H,2,6,9-10,15H2,1H3. The Morgan fingerprint density at radius 3 is 2.72 bits per heavy atom. The predicted octanol–water partition coefficient (Wildman–Crippen LogP) is 5.47. The van der Waals surface area contributed by atoms with Gasteiger partial charge in [0.1, 0.15) is 5.75 Å². The molecule has 4 rings (SSSR count). The molecule has 0 saturated heterocycles. The van der Waals surface area contributed by atoms with Crippen molar-refractivity contribution in [3.63, 3.8) is 0 Å². The molecule has 3 aromatic rings. The number of carbonyl (C=O) groups is 1. The summed E-state index contributed by atoms with van der Waals surface area (Å²) in [6.45, 7) is 2.64. The molecule has 2 aromatic carbocycles. The number of hydrogen-bond acceptors (Lipinski definition) is 4. The zero-order valence-electron chi connectivity index (χ0n) is 16.3.